The Hall–Kier alpha value is -0.0600. The van der Waals surface area contributed by atoms with Gasteiger partial charge in [-0.3, -0.25) is 4.79 Å². The van der Waals surface area contributed by atoms with E-state index in [0.29, 0.717) is 23.9 Å². The zero-order chi connectivity index (χ0) is 14.3. The van der Waals surface area contributed by atoms with Crippen molar-refractivity contribution >= 4 is 49.4 Å². The van der Waals surface area contributed by atoms with Crippen LogP contribution in [0.25, 0.3) is 0 Å². The van der Waals surface area contributed by atoms with Crippen LogP contribution in [0.4, 0.5) is 0 Å². The minimum absolute atomic E-state index is 0.0462. The predicted molar refractivity (Wildman–Crippen MR) is 87.9 cm³/mol. The second kappa shape index (κ2) is 8.98. The minimum Gasteiger partial charge on any atom is -0.352 e. The second-order valence-electron chi connectivity index (χ2n) is 4.47. The number of alkyl halides is 1. The van der Waals surface area contributed by atoms with Gasteiger partial charge in [0.1, 0.15) is 0 Å². The minimum atomic E-state index is -0.0462. The van der Waals surface area contributed by atoms with Gasteiger partial charge in [0, 0.05) is 21.4 Å². The normalized spacial score (nSPS) is 12.2. The molecule has 1 atom stereocenters. The van der Waals surface area contributed by atoms with Gasteiger partial charge < -0.3 is 5.32 Å². The van der Waals surface area contributed by atoms with Crippen LogP contribution in [0.2, 0.25) is 0 Å². The lowest BCUT2D eigenvalue weighted by Gasteiger charge is -2.16. The highest BCUT2D eigenvalue weighted by atomic mass is 79.9. The van der Waals surface area contributed by atoms with E-state index >= 15 is 0 Å². The van der Waals surface area contributed by atoms with Gasteiger partial charge >= 0.3 is 0 Å². The summed E-state index contributed by atoms with van der Waals surface area (Å²) in [4.78, 5) is 12.1. The summed E-state index contributed by atoms with van der Waals surface area (Å²) in [6, 6.07) is 5.54. The smallest absolute Gasteiger partial charge is 0.252 e. The molecule has 5 heteroatoms. The highest BCUT2D eigenvalue weighted by Crippen LogP contribution is 2.22. The Balaban J connectivity index is 2.58. The van der Waals surface area contributed by atoms with Crippen LogP contribution < -0.4 is 5.32 Å². The van der Waals surface area contributed by atoms with Crippen molar-refractivity contribution < 1.29 is 4.79 Å². The Labute approximate surface area is 136 Å². The highest BCUT2D eigenvalue weighted by molar-refractivity contribution is 9.11. The summed E-state index contributed by atoms with van der Waals surface area (Å²) in [5, 5.41) is 2.99. The fourth-order valence-corrected chi connectivity index (χ4v) is 3.45. The molecule has 106 valence electrons. The van der Waals surface area contributed by atoms with Crippen molar-refractivity contribution in [3.63, 3.8) is 0 Å². The summed E-state index contributed by atoms with van der Waals surface area (Å²) in [6.45, 7) is 2.83. The molecule has 0 saturated carbocycles. The van der Waals surface area contributed by atoms with Gasteiger partial charge in [-0.1, -0.05) is 29.3 Å². The standard InChI is InChI=1S/C14H18Br2ClNO/c1-2-3-10(6-7-17)9-18-14(19)12-5-4-11(15)8-13(12)16/h4-5,8,10H,2-3,6-7,9H2,1H3,(H,18,19). The number of amides is 1. The van der Waals surface area contributed by atoms with E-state index in [-0.39, 0.29) is 5.91 Å². The lowest BCUT2D eigenvalue weighted by Crippen LogP contribution is -2.29. The maximum absolute atomic E-state index is 12.1. The molecule has 1 unspecified atom stereocenters. The maximum atomic E-state index is 12.1. The summed E-state index contributed by atoms with van der Waals surface area (Å²) in [7, 11) is 0. The molecule has 0 aliphatic rings. The van der Waals surface area contributed by atoms with Gasteiger partial charge in [-0.2, -0.15) is 0 Å². The average Bonchev–Trinajstić information content (AvgIpc) is 2.36. The number of carbonyl (C=O) groups is 1. The third-order valence-electron chi connectivity index (χ3n) is 2.94. The molecule has 1 rings (SSSR count). The molecule has 0 bridgehead atoms. The monoisotopic (exact) mass is 409 g/mol. The first-order chi connectivity index (χ1) is 9.08. The van der Waals surface area contributed by atoms with E-state index in [1.165, 1.54) is 0 Å². The molecule has 1 amide bonds. The first-order valence-corrected chi connectivity index (χ1v) is 8.49. The third-order valence-corrected chi connectivity index (χ3v) is 4.31. The lowest BCUT2D eigenvalue weighted by molar-refractivity contribution is 0.0945. The Morgan fingerprint density at radius 1 is 1.37 bits per heavy atom. The molecule has 0 aliphatic heterocycles. The second-order valence-corrected chi connectivity index (χ2v) is 6.61. The van der Waals surface area contributed by atoms with Crippen LogP contribution in [-0.4, -0.2) is 18.3 Å². The molecule has 0 heterocycles. The molecule has 0 aliphatic carbocycles. The molecule has 0 spiro atoms. The van der Waals surface area contributed by atoms with E-state index < -0.39 is 0 Å². The summed E-state index contributed by atoms with van der Waals surface area (Å²) in [5.41, 5.74) is 0.657. The van der Waals surface area contributed by atoms with E-state index in [4.69, 9.17) is 11.6 Å². The zero-order valence-corrected chi connectivity index (χ0v) is 14.8. The van der Waals surface area contributed by atoms with E-state index in [1.807, 2.05) is 12.1 Å². The van der Waals surface area contributed by atoms with Gasteiger partial charge in [-0.15, -0.1) is 11.6 Å². The van der Waals surface area contributed by atoms with Gasteiger partial charge in [0.15, 0.2) is 0 Å². The zero-order valence-electron chi connectivity index (χ0n) is 10.9. The molecule has 0 saturated heterocycles. The topological polar surface area (TPSA) is 29.1 Å². The fourth-order valence-electron chi connectivity index (χ4n) is 1.92. The van der Waals surface area contributed by atoms with E-state index in [0.717, 1.165) is 28.2 Å². The number of halogens is 3. The van der Waals surface area contributed by atoms with Gasteiger partial charge in [0.25, 0.3) is 5.91 Å². The summed E-state index contributed by atoms with van der Waals surface area (Å²) in [6.07, 6.45) is 3.14. The SMILES string of the molecule is CCCC(CCCl)CNC(=O)c1ccc(Br)cc1Br. The number of nitrogens with one attached hydrogen (secondary N) is 1. The molecule has 0 aromatic heterocycles. The number of hydrogen-bond donors (Lipinski definition) is 1. The average molecular weight is 412 g/mol. The van der Waals surface area contributed by atoms with Crippen molar-refractivity contribution in [3.8, 4) is 0 Å². The van der Waals surface area contributed by atoms with Crippen molar-refractivity contribution in [3.05, 3.63) is 32.7 Å². The number of benzene rings is 1. The molecule has 2 nitrogen and oxygen atoms in total. The van der Waals surface area contributed by atoms with Gasteiger partial charge in [-0.05, 0) is 52.9 Å². The van der Waals surface area contributed by atoms with Crippen LogP contribution >= 0.6 is 43.5 Å². The van der Waals surface area contributed by atoms with E-state index in [2.05, 4.69) is 44.1 Å². The fraction of sp³-hybridized carbons (Fsp3) is 0.500. The molecule has 1 N–H and O–H groups in total. The molecule has 1 aromatic rings. The summed E-state index contributed by atoms with van der Waals surface area (Å²) < 4.78 is 1.74. The molecular weight excluding hydrogens is 393 g/mol. The van der Waals surface area contributed by atoms with E-state index in [9.17, 15) is 4.79 Å². The Kier molecular flexibility index (Phi) is 8.03. The van der Waals surface area contributed by atoms with Crippen molar-refractivity contribution in [2.45, 2.75) is 26.2 Å². The quantitative estimate of drug-likeness (QED) is 0.630. The Morgan fingerprint density at radius 3 is 2.68 bits per heavy atom. The lowest BCUT2D eigenvalue weighted by atomic mass is 10.0. The summed E-state index contributed by atoms with van der Waals surface area (Å²) >= 11 is 12.6. The number of hydrogen-bond acceptors (Lipinski definition) is 1. The van der Waals surface area contributed by atoms with Crippen LogP contribution in [0.3, 0.4) is 0 Å². The van der Waals surface area contributed by atoms with Gasteiger partial charge in [-0.25, -0.2) is 0 Å². The predicted octanol–water partition coefficient (Wildman–Crippen LogP) is 4.99. The molecular formula is C14H18Br2ClNO. The summed E-state index contributed by atoms with van der Waals surface area (Å²) in [5.74, 6) is 1.05. The first kappa shape index (κ1) is 17.0. The Morgan fingerprint density at radius 2 is 2.11 bits per heavy atom. The van der Waals surface area contributed by atoms with Gasteiger partial charge in [0.2, 0.25) is 0 Å². The molecule has 1 aromatic carbocycles. The molecule has 0 radical (unpaired) electrons. The van der Waals surface area contributed by atoms with Crippen molar-refractivity contribution in [2.24, 2.45) is 5.92 Å². The number of rotatable bonds is 7. The third kappa shape index (κ3) is 5.84. The van der Waals surface area contributed by atoms with Gasteiger partial charge in [0.05, 0.1) is 5.56 Å². The van der Waals surface area contributed by atoms with Crippen molar-refractivity contribution in [1.82, 2.24) is 5.32 Å². The van der Waals surface area contributed by atoms with Crippen molar-refractivity contribution in [2.75, 3.05) is 12.4 Å². The highest BCUT2D eigenvalue weighted by Gasteiger charge is 2.13. The van der Waals surface area contributed by atoms with E-state index in [1.54, 1.807) is 6.07 Å². The molecule has 0 fully saturated rings. The van der Waals surface area contributed by atoms with Crippen LogP contribution in [-0.2, 0) is 0 Å². The van der Waals surface area contributed by atoms with Crippen LogP contribution in [0.15, 0.2) is 27.1 Å². The maximum Gasteiger partial charge on any atom is 0.252 e. The number of carbonyl (C=O) groups excluding carboxylic acids is 1. The first-order valence-electron chi connectivity index (χ1n) is 6.37. The largest absolute Gasteiger partial charge is 0.352 e. The van der Waals surface area contributed by atoms with Crippen LogP contribution in [0, 0.1) is 5.92 Å². The molecule has 19 heavy (non-hydrogen) atoms. The van der Waals surface area contributed by atoms with Crippen LogP contribution in [0.5, 0.6) is 0 Å². The van der Waals surface area contributed by atoms with Crippen LogP contribution in [0.1, 0.15) is 36.5 Å². The van der Waals surface area contributed by atoms with Crippen molar-refractivity contribution in [1.29, 1.82) is 0 Å². The Bertz CT molecular complexity index is 420.